The molecule has 7 heteroatoms. The molecule has 1 aliphatic rings. The molecular weight excluding hydrogens is 316 g/mol. The van der Waals surface area contributed by atoms with E-state index in [0.717, 1.165) is 22.4 Å². The van der Waals surface area contributed by atoms with E-state index in [9.17, 15) is 20.4 Å². The molecule has 1 aliphatic heterocycles. The molecule has 4 N–H and O–H groups in total. The molecule has 1 aromatic carbocycles. The normalized spacial score (nSPS) is 30.2. The predicted molar refractivity (Wildman–Crippen MR) is 86.2 cm³/mol. The van der Waals surface area contributed by atoms with Crippen LogP contribution in [0.5, 0.6) is 11.5 Å². The van der Waals surface area contributed by atoms with Gasteiger partial charge in [0, 0.05) is 0 Å². The lowest BCUT2D eigenvalue weighted by Gasteiger charge is -2.40. The number of aliphatic hydroxyl groups is 4. The molecule has 136 valence electrons. The SMILES string of the molecule is CCOc1cc(C)c(O[C@H]2O[C@H](CO)[C@H](O)[C@H](O)[C@H]2O)c(C)c1C. The van der Waals surface area contributed by atoms with Crippen LogP contribution in [0.15, 0.2) is 6.07 Å². The second kappa shape index (κ2) is 7.67. The molecule has 24 heavy (non-hydrogen) atoms. The largest absolute Gasteiger partial charge is 0.494 e. The van der Waals surface area contributed by atoms with Gasteiger partial charge in [0.25, 0.3) is 0 Å². The Bertz CT molecular complexity index is 573. The minimum absolute atomic E-state index is 0.495. The van der Waals surface area contributed by atoms with Gasteiger partial charge in [0.05, 0.1) is 13.2 Å². The number of hydrogen-bond acceptors (Lipinski definition) is 7. The topological polar surface area (TPSA) is 109 Å². The molecule has 0 bridgehead atoms. The standard InChI is InChI=1S/C17H26O7/c1-5-22-11-6-8(2)16(10(4)9(11)3)24-17-15(21)14(20)13(19)12(7-18)23-17/h6,12-15,17-21H,5,7H2,1-4H3/t12-,13+,14+,15-,17-/m1/s1. The minimum Gasteiger partial charge on any atom is -0.494 e. The van der Waals surface area contributed by atoms with Crippen LogP contribution in [0.25, 0.3) is 0 Å². The molecule has 0 aromatic heterocycles. The predicted octanol–water partition coefficient (Wildman–Crippen LogP) is 0.189. The maximum absolute atomic E-state index is 10.1. The minimum atomic E-state index is -1.47. The maximum atomic E-state index is 10.1. The van der Waals surface area contributed by atoms with Gasteiger partial charge < -0.3 is 34.6 Å². The lowest BCUT2D eigenvalue weighted by Crippen LogP contribution is -2.60. The quantitative estimate of drug-likeness (QED) is 0.605. The summed E-state index contributed by atoms with van der Waals surface area (Å²) >= 11 is 0. The van der Waals surface area contributed by atoms with E-state index in [-0.39, 0.29) is 0 Å². The van der Waals surface area contributed by atoms with Gasteiger partial charge in [-0.2, -0.15) is 0 Å². The summed E-state index contributed by atoms with van der Waals surface area (Å²) in [5.41, 5.74) is 2.52. The summed E-state index contributed by atoms with van der Waals surface area (Å²) < 4.78 is 16.8. The molecule has 7 nitrogen and oxygen atoms in total. The van der Waals surface area contributed by atoms with Crippen molar-refractivity contribution < 1.29 is 34.6 Å². The Morgan fingerprint density at radius 3 is 2.29 bits per heavy atom. The van der Waals surface area contributed by atoms with Crippen LogP contribution in [0.3, 0.4) is 0 Å². The van der Waals surface area contributed by atoms with Crippen molar-refractivity contribution in [3.05, 3.63) is 22.8 Å². The lowest BCUT2D eigenvalue weighted by atomic mass is 9.99. The first-order valence-corrected chi connectivity index (χ1v) is 8.02. The third kappa shape index (κ3) is 3.50. The first-order valence-electron chi connectivity index (χ1n) is 8.02. The number of benzene rings is 1. The number of rotatable bonds is 5. The van der Waals surface area contributed by atoms with Crippen molar-refractivity contribution in [1.82, 2.24) is 0 Å². The van der Waals surface area contributed by atoms with Gasteiger partial charge in [0.15, 0.2) is 0 Å². The molecule has 0 saturated carbocycles. The Hall–Kier alpha value is -1.38. The van der Waals surface area contributed by atoms with Crippen molar-refractivity contribution in [3.8, 4) is 11.5 Å². The highest BCUT2D eigenvalue weighted by Crippen LogP contribution is 2.35. The maximum Gasteiger partial charge on any atom is 0.229 e. The zero-order valence-corrected chi connectivity index (χ0v) is 14.4. The van der Waals surface area contributed by atoms with Crippen LogP contribution in [0.1, 0.15) is 23.6 Å². The van der Waals surface area contributed by atoms with Crippen molar-refractivity contribution >= 4 is 0 Å². The van der Waals surface area contributed by atoms with Crippen LogP contribution in [0.4, 0.5) is 0 Å². The Balaban J connectivity index is 2.28. The van der Waals surface area contributed by atoms with Gasteiger partial charge in [-0.1, -0.05) is 0 Å². The van der Waals surface area contributed by atoms with Gasteiger partial charge in [-0.05, 0) is 50.5 Å². The van der Waals surface area contributed by atoms with Crippen molar-refractivity contribution in [3.63, 3.8) is 0 Å². The zero-order chi connectivity index (χ0) is 18.0. The Morgan fingerprint density at radius 2 is 1.71 bits per heavy atom. The monoisotopic (exact) mass is 342 g/mol. The van der Waals surface area contributed by atoms with E-state index in [2.05, 4.69) is 0 Å². The van der Waals surface area contributed by atoms with E-state index in [1.165, 1.54) is 0 Å². The van der Waals surface area contributed by atoms with Gasteiger partial charge in [0.2, 0.25) is 6.29 Å². The first kappa shape index (κ1) is 19.0. The number of ether oxygens (including phenoxy) is 3. The first-order chi connectivity index (χ1) is 11.3. The lowest BCUT2D eigenvalue weighted by molar-refractivity contribution is -0.277. The van der Waals surface area contributed by atoms with Crippen LogP contribution in [-0.4, -0.2) is 64.3 Å². The molecule has 1 aromatic rings. The number of hydrogen-bond donors (Lipinski definition) is 4. The third-order valence-corrected chi connectivity index (χ3v) is 4.36. The fraction of sp³-hybridized carbons (Fsp3) is 0.647. The summed E-state index contributed by atoms with van der Waals surface area (Å²) in [4.78, 5) is 0. The Labute approximate surface area is 141 Å². The molecule has 1 saturated heterocycles. The Kier molecular flexibility index (Phi) is 6.06. The van der Waals surface area contributed by atoms with Crippen molar-refractivity contribution in [2.45, 2.75) is 58.4 Å². The molecule has 0 spiro atoms. The van der Waals surface area contributed by atoms with Crippen molar-refractivity contribution in [2.24, 2.45) is 0 Å². The van der Waals surface area contributed by atoms with Crippen molar-refractivity contribution in [1.29, 1.82) is 0 Å². The summed E-state index contributed by atoms with van der Waals surface area (Å²) in [5, 5.41) is 39.0. The number of aryl methyl sites for hydroxylation is 1. The average Bonchev–Trinajstić information content (AvgIpc) is 2.56. The highest BCUT2D eigenvalue weighted by molar-refractivity contribution is 5.52. The molecule has 0 aliphatic carbocycles. The van der Waals surface area contributed by atoms with E-state index >= 15 is 0 Å². The molecule has 5 atom stereocenters. The molecule has 2 rings (SSSR count). The summed E-state index contributed by atoms with van der Waals surface area (Å²) in [6.45, 7) is 7.57. The summed E-state index contributed by atoms with van der Waals surface area (Å²) in [6, 6.07) is 1.84. The smallest absolute Gasteiger partial charge is 0.229 e. The summed E-state index contributed by atoms with van der Waals surface area (Å²) in [5.74, 6) is 1.27. The second-order valence-electron chi connectivity index (χ2n) is 6.02. The fourth-order valence-corrected chi connectivity index (χ4v) is 2.79. The highest BCUT2D eigenvalue weighted by Gasteiger charge is 2.45. The van der Waals surface area contributed by atoms with Crippen LogP contribution < -0.4 is 9.47 Å². The fourth-order valence-electron chi connectivity index (χ4n) is 2.79. The van der Waals surface area contributed by atoms with E-state index < -0.39 is 37.3 Å². The summed E-state index contributed by atoms with van der Waals surface area (Å²) in [6.07, 6.45) is -6.51. The van der Waals surface area contributed by atoms with E-state index in [1.807, 2.05) is 33.8 Å². The average molecular weight is 342 g/mol. The van der Waals surface area contributed by atoms with Crippen LogP contribution in [0, 0.1) is 20.8 Å². The Morgan fingerprint density at radius 1 is 1.04 bits per heavy atom. The van der Waals surface area contributed by atoms with E-state index in [4.69, 9.17) is 14.2 Å². The highest BCUT2D eigenvalue weighted by atomic mass is 16.7. The molecule has 0 radical (unpaired) electrons. The van der Waals surface area contributed by atoms with Gasteiger partial charge in [-0.25, -0.2) is 0 Å². The number of aliphatic hydroxyl groups excluding tert-OH is 4. The van der Waals surface area contributed by atoms with E-state index in [0.29, 0.717) is 12.4 Å². The molecule has 0 unspecified atom stereocenters. The second-order valence-corrected chi connectivity index (χ2v) is 6.02. The van der Waals surface area contributed by atoms with Gasteiger partial charge >= 0.3 is 0 Å². The molecule has 0 amide bonds. The van der Waals surface area contributed by atoms with Crippen LogP contribution >= 0.6 is 0 Å². The molecule has 1 heterocycles. The molecule has 1 fully saturated rings. The summed E-state index contributed by atoms with van der Waals surface area (Å²) in [7, 11) is 0. The molecular formula is C17H26O7. The zero-order valence-electron chi connectivity index (χ0n) is 14.4. The van der Waals surface area contributed by atoms with E-state index in [1.54, 1.807) is 0 Å². The van der Waals surface area contributed by atoms with Crippen molar-refractivity contribution in [2.75, 3.05) is 13.2 Å². The van der Waals surface area contributed by atoms with Crippen LogP contribution in [0.2, 0.25) is 0 Å². The van der Waals surface area contributed by atoms with Gasteiger partial charge in [-0.15, -0.1) is 0 Å². The van der Waals surface area contributed by atoms with Gasteiger partial charge in [0.1, 0.15) is 35.9 Å². The van der Waals surface area contributed by atoms with Gasteiger partial charge in [-0.3, -0.25) is 0 Å². The van der Waals surface area contributed by atoms with Crippen LogP contribution in [-0.2, 0) is 4.74 Å². The third-order valence-electron chi connectivity index (χ3n) is 4.36.